The van der Waals surface area contributed by atoms with Crippen molar-refractivity contribution >= 4 is 34.8 Å². The normalized spacial score (nSPS) is 20.1. The van der Waals surface area contributed by atoms with Crippen molar-refractivity contribution in [2.24, 2.45) is 7.05 Å². The van der Waals surface area contributed by atoms with Crippen molar-refractivity contribution in [2.45, 2.75) is 69.8 Å². The van der Waals surface area contributed by atoms with Crippen LogP contribution in [0.3, 0.4) is 0 Å². The van der Waals surface area contributed by atoms with Crippen LogP contribution in [0.15, 0.2) is 73.3 Å². The van der Waals surface area contributed by atoms with E-state index in [9.17, 15) is 19.5 Å². The zero-order valence-corrected chi connectivity index (χ0v) is 32.0. The lowest BCUT2D eigenvalue weighted by atomic mass is 10.1. The lowest BCUT2D eigenvalue weighted by Gasteiger charge is -2.25. The molecule has 5 heterocycles. The van der Waals surface area contributed by atoms with E-state index in [1.54, 1.807) is 67.6 Å². The van der Waals surface area contributed by atoms with Gasteiger partial charge in [0.25, 0.3) is 5.91 Å². The zero-order valence-electron chi connectivity index (χ0n) is 32.0. The number of fused-ring (bicyclic) bond motifs is 2. The molecule has 2 aliphatic rings. The number of hydrogen-bond donors (Lipinski definition) is 4. The molecule has 4 N–H and O–H groups in total. The summed E-state index contributed by atoms with van der Waals surface area (Å²) in [6.45, 7) is 3.74. The lowest BCUT2D eigenvalue weighted by Crippen LogP contribution is -2.46. The maximum absolute atomic E-state index is 13.8. The fraction of sp³-hybridized carbons (Fsp3) is 0.385. The first-order chi connectivity index (χ1) is 27.4. The number of hydrogen-bond acceptors (Lipinski definition) is 13. The Morgan fingerprint density at radius 2 is 1.81 bits per heavy atom. The van der Waals surface area contributed by atoms with Crippen LogP contribution in [0, 0.1) is 0 Å². The van der Waals surface area contributed by atoms with Gasteiger partial charge in [-0.15, -0.1) is 0 Å². The van der Waals surface area contributed by atoms with Crippen molar-refractivity contribution in [3.8, 4) is 22.8 Å². The monoisotopic (exact) mass is 784 g/mol. The number of carboxylic acids is 1. The smallest absolute Gasteiger partial charge is 0.408 e. The van der Waals surface area contributed by atoms with Gasteiger partial charge >= 0.3 is 12.1 Å². The number of benzene rings is 2. The summed E-state index contributed by atoms with van der Waals surface area (Å²) >= 11 is 0. The topological polar surface area (TPSA) is 211 Å². The second kappa shape index (κ2) is 16.5. The number of anilines is 1. The van der Waals surface area contributed by atoms with E-state index in [1.165, 1.54) is 6.33 Å². The number of carboxylic acid groups (broad SMARTS) is 1. The number of aryl methyl sites for hydroxylation is 1. The summed E-state index contributed by atoms with van der Waals surface area (Å²) in [5, 5.41) is 23.6. The van der Waals surface area contributed by atoms with E-state index >= 15 is 0 Å². The van der Waals surface area contributed by atoms with Gasteiger partial charge in [-0.2, -0.15) is 5.10 Å². The van der Waals surface area contributed by atoms with Crippen LogP contribution < -0.4 is 25.4 Å². The number of aromatic nitrogens is 5. The van der Waals surface area contributed by atoms with Crippen molar-refractivity contribution in [2.75, 3.05) is 26.1 Å². The largest absolute Gasteiger partial charge is 0.497 e. The van der Waals surface area contributed by atoms with Gasteiger partial charge < -0.3 is 54.0 Å². The van der Waals surface area contributed by atoms with E-state index in [2.05, 4.69) is 31.0 Å². The van der Waals surface area contributed by atoms with Gasteiger partial charge in [-0.25, -0.2) is 19.6 Å². The summed E-state index contributed by atoms with van der Waals surface area (Å²) < 4.78 is 38.7. The van der Waals surface area contributed by atoms with Gasteiger partial charge in [0.15, 0.2) is 18.1 Å². The van der Waals surface area contributed by atoms with E-state index in [4.69, 9.17) is 28.4 Å². The highest BCUT2D eigenvalue weighted by atomic mass is 16.8. The Bertz CT molecular complexity index is 2240. The molecule has 5 atom stereocenters. The molecule has 2 amide bonds. The van der Waals surface area contributed by atoms with Gasteiger partial charge in [0.2, 0.25) is 0 Å². The van der Waals surface area contributed by atoms with Gasteiger partial charge in [0, 0.05) is 49.7 Å². The Labute approximate surface area is 327 Å². The van der Waals surface area contributed by atoms with Crippen LogP contribution in [0.4, 0.5) is 10.6 Å². The summed E-state index contributed by atoms with van der Waals surface area (Å²) in [7, 11) is 5.00. The molecule has 18 nitrogen and oxygen atoms in total. The Kier molecular flexibility index (Phi) is 11.3. The minimum atomic E-state index is -1.33. The van der Waals surface area contributed by atoms with E-state index in [1.807, 2.05) is 43.7 Å². The summed E-state index contributed by atoms with van der Waals surface area (Å²) in [6, 6.07) is 15.1. The second-order valence-corrected chi connectivity index (χ2v) is 14.0. The Morgan fingerprint density at radius 1 is 1.02 bits per heavy atom. The van der Waals surface area contributed by atoms with Crippen LogP contribution in [0.2, 0.25) is 0 Å². The average molecular weight is 785 g/mol. The second-order valence-electron chi connectivity index (χ2n) is 14.0. The molecule has 7 rings (SSSR count). The van der Waals surface area contributed by atoms with Crippen molar-refractivity contribution in [1.82, 2.24) is 34.9 Å². The van der Waals surface area contributed by atoms with Crippen molar-refractivity contribution in [3.05, 3.63) is 84.4 Å². The van der Waals surface area contributed by atoms with E-state index in [0.717, 1.165) is 11.1 Å². The highest BCUT2D eigenvalue weighted by molar-refractivity contribution is 6.00. The van der Waals surface area contributed by atoms with Crippen LogP contribution in [0.5, 0.6) is 11.5 Å². The Balaban J connectivity index is 1.11. The molecule has 5 aromatic rings. The van der Waals surface area contributed by atoms with Gasteiger partial charge in [-0.05, 0) is 44.0 Å². The molecule has 2 fully saturated rings. The molecule has 18 heteroatoms. The number of amides is 2. The molecular weight excluding hydrogens is 740 g/mol. The van der Waals surface area contributed by atoms with Crippen molar-refractivity contribution in [1.29, 1.82) is 0 Å². The minimum absolute atomic E-state index is 0.0281. The molecule has 300 valence electrons. The van der Waals surface area contributed by atoms with Gasteiger partial charge in [0.1, 0.15) is 54.1 Å². The summed E-state index contributed by atoms with van der Waals surface area (Å²) in [6.07, 6.45) is 0.482. The molecule has 1 unspecified atom stereocenters. The first kappa shape index (κ1) is 39.0. The molecule has 2 saturated heterocycles. The maximum Gasteiger partial charge on any atom is 0.408 e. The predicted molar refractivity (Wildman–Crippen MR) is 203 cm³/mol. The summed E-state index contributed by atoms with van der Waals surface area (Å²) in [4.78, 5) is 47.4. The molecule has 2 aromatic carbocycles. The number of methoxy groups -OCH3 is 2. The fourth-order valence-corrected chi connectivity index (χ4v) is 6.96. The van der Waals surface area contributed by atoms with Gasteiger partial charge in [-0.3, -0.25) is 9.48 Å². The van der Waals surface area contributed by atoms with Crippen molar-refractivity contribution in [3.63, 3.8) is 0 Å². The van der Waals surface area contributed by atoms with E-state index in [-0.39, 0.29) is 19.6 Å². The third-order valence-electron chi connectivity index (χ3n) is 9.64. The highest BCUT2D eigenvalue weighted by Gasteiger charge is 2.58. The Morgan fingerprint density at radius 3 is 2.53 bits per heavy atom. The molecule has 3 aromatic heterocycles. The molecule has 2 aliphatic heterocycles. The average Bonchev–Trinajstić information content (AvgIpc) is 3.97. The first-order valence-electron chi connectivity index (χ1n) is 18.2. The SMILES string of the molecule is COc1ccc(CNc2ncnc3c2c(-c2ccn(C)n2)cn3[C@@H]2O[C@H](C(=O)NCCC(NC(=O)OCc3ccccc3)C(=O)O)[C@H]3OC(C)(C)O[C@H]32)c(OC)c1. The molecule has 0 aliphatic carbocycles. The predicted octanol–water partition coefficient (Wildman–Crippen LogP) is 3.76. The van der Waals surface area contributed by atoms with Crippen molar-refractivity contribution < 1.29 is 47.9 Å². The maximum atomic E-state index is 13.8. The number of ether oxygens (including phenoxy) is 6. The quantitative estimate of drug-likeness (QED) is 0.119. The van der Waals surface area contributed by atoms with Crippen LogP contribution in [0.1, 0.15) is 37.6 Å². The molecule has 0 bridgehead atoms. The minimum Gasteiger partial charge on any atom is -0.497 e. The number of nitrogens with one attached hydrogen (secondary N) is 3. The van der Waals surface area contributed by atoms with Gasteiger partial charge in [0.05, 0.1) is 25.3 Å². The number of nitrogens with zero attached hydrogens (tertiary/aromatic N) is 5. The molecule has 0 saturated carbocycles. The molecule has 57 heavy (non-hydrogen) atoms. The standard InChI is InChI=1S/C39H44N8O10/c1-39(2)56-30-31(35(48)40-15-13-27(37(49)50)44-38(51)54-20-22-9-7-6-8-10-22)55-36(32(30)57-39)47-19-25(26-14-16-46(3)45-26)29-33(42-21-43-34(29)47)41-18-23-11-12-24(52-4)17-28(23)53-5/h6-12,14,16-17,19,21,27,30-32,36H,13,15,18,20H2,1-5H3,(H,40,48)(H,44,51)(H,49,50)(H,41,42,43)/t27?,30-,31+,32-,36-/m1/s1. The van der Waals surface area contributed by atoms with Crippen LogP contribution in [0.25, 0.3) is 22.3 Å². The molecular formula is C39H44N8O10. The van der Waals surface area contributed by atoms with Crippen LogP contribution in [-0.2, 0) is 48.7 Å². The fourth-order valence-electron chi connectivity index (χ4n) is 6.96. The summed E-state index contributed by atoms with van der Waals surface area (Å²) in [5.41, 5.74) is 3.46. The van der Waals surface area contributed by atoms with Gasteiger partial charge in [-0.1, -0.05) is 30.3 Å². The molecule has 0 radical (unpaired) electrons. The zero-order chi connectivity index (χ0) is 40.3. The van der Waals surface area contributed by atoms with Crippen LogP contribution >= 0.6 is 0 Å². The third kappa shape index (κ3) is 8.47. The summed E-state index contributed by atoms with van der Waals surface area (Å²) in [5.74, 6) is -1.06. The number of carbonyl (C=O) groups is 3. The first-order valence-corrected chi connectivity index (χ1v) is 18.2. The number of aliphatic carboxylic acids is 1. The van der Waals surface area contributed by atoms with E-state index in [0.29, 0.717) is 46.2 Å². The Hall–Kier alpha value is -6.24. The third-order valence-corrected chi connectivity index (χ3v) is 9.64. The van der Waals surface area contributed by atoms with E-state index < -0.39 is 54.3 Å². The lowest BCUT2D eigenvalue weighted by molar-refractivity contribution is -0.197. The molecule has 0 spiro atoms. The highest BCUT2D eigenvalue weighted by Crippen LogP contribution is 2.46. The number of rotatable bonds is 15. The number of carbonyl (C=O) groups excluding carboxylic acids is 2. The van der Waals surface area contributed by atoms with Crippen LogP contribution in [-0.4, -0.2) is 98.3 Å². The number of alkyl carbamates (subject to hydrolysis) is 1.